The molecule has 14 heavy (non-hydrogen) atoms. The van der Waals surface area contributed by atoms with E-state index in [1.165, 1.54) is 0 Å². The summed E-state index contributed by atoms with van der Waals surface area (Å²) < 4.78 is 4.76. The van der Waals surface area contributed by atoms with Crippen molar-refractivity contribution < 1.29 is 9.53 Å². The molecule has 0 aliphatic carbocycles. The second kappa shape index (κ2) is 3.41. The zero-order valence-corrected chi connectivity index (χ0v) is 7.60. The van der Waals surface area contributed by atoms with Crippen molar-refractivity contribution in [1.29, 1.82) is 0 Å². The van der Waals surface area contributed by atoms with Crippen LogP contribution in [0.5, 0.6) is 0 Å². The number of hydrogen-bond acceptors (Lipinski definition) is 4. The van der Waals surface area contributed by atoms with Crippen molar-refractivity contribution >= 4 is 17.9 Å². The van der Waals surface area contributed by atoms with Gasteiger partial charge in [-0.25, -0.2) is 9.79 Å². The first-order valence-corrected chi connectivity index (χ1v) is 4.16. The maximum atomic E-state index is 11.2. The molecule has 0 saturated carbocycles. The third kappa shape index (κ3) is 1.69. The van der Waals surface area contributed by atoms with E-state index < -0.39 is 5.97 Å². The maximum absolute atomic E-state index is 11.2. The fourth-order valence-electron chi connectivity index (χ4n) is 1.12. The van der Waals surface area contributed by atoms with Crippen LogP contribution in [0.25, 0.3) is 6.08 Å². The first-order chi connectivity index (χ1) is 6.75. The molecule has 0 atom stereocenters. The number of rotatable bonds is 1. The predicted octanol–water partition coefficient (Wildman–Crippen LogP) is 1.40. The molecule has 0 fully saturated rings. The van der Waals surface area contributed by atoms with Gasteiger partial charge in [-0.2, -0.15) is 0 Å². The molecule has 0 unspecified atom stereocenters. The lowest BCUT2D eigenvalue weighted by atomic mass is 10.3. The monoisotopic (exact) mass is 188 g/mol. The number of pyridine rings is 1. The summed E-state index contributed by atoms with van der Waals surface area (Å²) in [5.41, 5.74) is 0.985. The lowest BCUT2D eigenvalue weighted by Gasteiger charge is -1.91. The van der Waals surface area contributed by atoms with Crippen LogP contribution < -0.4 is 0 Å². The van der Waals surface area contributed by atoms with E-state index in [9.17, 15) is 4.79 Å². The van der Waals surface area contributed by atoms with Gasteiger partial charge in [0.05, 0.1) is 5.69 Å². The Morgan fingerprint density at radius 1 is 1.43 bits per heavy atom. The first-order valence-electron chi connectivity index (χ1n) is 4.16. The van der Waals surface area contributed by atoms with Gasteiger partial charge in [0.1, 0.15) is 0 Å². The minimum absolute atomic E-state index is 0.293. The molecular formula is C10H8N2O2. The van der Waals surface area contributed by atoms with E-state index in [1.54, 1.807) is 25.3 Å². The van der Waals surface area contributed by atoms with Gasteiger partial charge in [0.25, 0.3) is 0 Å². The Morgan fingerprint density at radius 3 is 2.86 bits per heavy atom. The van der Waals surface area contributed by atoms with E-state index >= 15 is 0 Å². The highest BCUT2D eigenvalue weighted by molar-refractivity contribution is 6.06. The third-order valence-corrected chi connectivity index (χ3v) is 1.70. The smallest absolute Gasteiger partial charge is 0.363 e. The van der Waals surface area contributed by atoms with Crippen molar-refractivity contribution in [3.05, 3.63) is 35.8 Å². The predicted molar refractivity (Wildman–Crippen MR) is 51.4 cm³/mol. The highest BCUT2D eigenvalue weighted by Gasteiger charge is 2.19. The Kier molecular flexibility index (Phi) is 2.10. The maximum Gasteiger partial charge on any atom is 0.363 e. The number of carbonyl (C=O) groups excluding carboxylic acids is 1. The number of aromatic nitrogens is 1. The number of hydrogen-bond donors (Lipinski definition) is 0. The van der Waals surface area contributed by atoms with Gasteiger partial charge in [0.15, 0.2) is 11.6 Å². The van der Waals surface area contributed by atoms with Crippen LogP contribution in [0, 0.1) is 0 Å². The summed E-state index contributed by atoms with van der Waals surface area (Å²) in [5, 5.41) is 0. The van der Waals surface area contributed by atoms with E-state index in [4.69, 9.17) is 4.74 Å². The Morgan fingerprint density at radius 2 is 2.29 bits per heavy atom. The lowest BCUT2D eigenvalue weighted by Crippen LogP contribution is -1.99. The van der Waals surface area contributed by atoms with Gasteiger partial charge in [-0.05, 0) is 18.2 Å². The molecule has 1 aliphatic heterocycles. The molecule has 70 valence electrons. The van der Waals surface area contributed by atoms with E-state index in [0.29, 0.717) is 17.3 Å². The highest BCUT2D eigenvalue weighted by Crippen LogP contribution is 2.13. The lowest BCUT2D eigenvalue weighted by molar-refractivity contribution is -0.130. The number of cyclic esters (lactones) is 1. The molecule has 4 nitrogen and oxygen atoms in total. The first kappa shape index (κ1) is 8.62. The van der Waals surface area contributed by atoms with E-state index in [1.807, 2.05) is 12.1 Å². The number of esters is 1. The van der Waals surface area contributed by atoms with Crippen LogP contribution in [-0.4, -0.2) is 16.9 Å². The van der Waals surface area contributed by atoms with Gasteiger partial charge < -0.3 is 4.74 Å². The number of aliphatic imine (C=N–C) groups is 1. The summed E-state index contributed by atoms with van der Waals surface area (Å²) in [5.74, 6) is -0.0506. The van der Waals surface area contributed by atoms with Gasteiger partial charge in [0.2, 0.25) is 0 Å². The van der Waals surface area contributed by atoms with Gasteiger partial charge >= 0.3 is 5.97 Å². The van der Waals surface area contributed by atoms with Crippen LogP contribution in [0.15, 0.2) is 35.1 Å². The average Bonchev–Trinajstić information content (AvgIpc) is 2.47. The quantitative estimate of drug-likeness (QED) is 0.494. The molecule has 4 heteroatoms. The highest BCUT2D eigenvalue weighted by atomic mass is 16.6. The summed E-state index contributed by atoms with van der Waals surface area (Å²) in [6.07, 6.45) is 3.25. The SMILES string of the molecule is CC1=N/C(=C/c2ccccn2)C(=O)O1. The second-order valence-corrected chi connectivity index (χ2v) is 2.80. The summed E-state index contributed by atoms with van der Waals surface area (Å²) in [6.45, 7) is 1.64. The standard InChI is InChI=1S/C10H8N2O2/c1-7-12-9(10(13)14-7)6-8-4-2-3-5-11-8/h2-6H,1H3/b9-6+. The summed E-state index contributed by atoms with van der Waals surface area (Å²) >= 11 is 0. The van der Waals surface area contributed by atoms with E-state index in [-0.39, 0.29) is 0 Å². The molecule has 0 spiro atoms. The molecule has 0 saturated heterocycles. The largest absolute Gasteiger partial charge is 0.407 e. The third-order valence-electron chi connectivity index (χ3n) is 1.70. The van der Waals surface area contributed by atoms with E-state index in [2.05, 4.69) is 9.98 Å². The van der Waals surface area contributed by atoms with Crippen molar-refractivity contribution in [3.8, 4) is 0 Å². The Hall–Kier alpha value is -1.97. The van der Waals surface area contributed by atoms with Gasteiger partial charge in [-0.15, -0.1) is 0 Å². The second-order valence-electron chi connectivity index (χ2n) is 2.80. The molecule has 0 radical (unpaired) electrons. The van der Waals surface area contributed by atoms with Crippen LogP contribution in [0.4, 0.5) is 0 Å². The minimum atomic E-state index is -0.423. The number of ether oxygens (including phenoxy) is 1. The zero-order chi connectivity index (χ0) is 9.97. The van der Waals surface area contributed by atoms with Crippen molar-refractivity contribution in [2.45, 2.75) is 6.92 Å². The molecule has 1 aromatic heterocycles. The van der Waals surface area contributed by atoms with Crippen LogP contribution >= 0.6 is 0 Å². The Balaban J connectivity index is 2.32. The molecule has 1 aromatic rings. The van der Waals surface area contributed by atoms with Crippen LogP contribution in [-0.2, 0) is 9.53 Å². The van der Waals surface area contributed by atoms with Gasteiger partial charge in [-0.1, -0.05) is 6.07 Å². The van der Waals surface area contributed by atoms with Crippen LogP contribution in [0.2, 0.25) is 0 Å². The van der Waals surface area contributed by atoms with Crippen molar-refractivity contribution in [1.82, 2.24) is 4.98 Å². The van der Waals surface area contributed by atoms with Crippen molar-refractivity contribution in [2.75, 3.05) is 0 Å². The van der Waals surface area contributed by atoms with Crippen molar-refractivity contribution in [3.63, 3.8) is 0 Å². The normalized spacial score (nSPS) is 18.2. The molecule has 0 amide bonds. The summed E-state index contributed by atoms with van der Waals surface area (Å²) in [6, 6.07) is 5.45. The zero-order valence-electron chi connectivity index (χ0n) is 7.60. The van der Waals surface area contributed by atoms with Crippen LogP contribution in [0.1, 0.15) is 12.6 Å². The van der Waals surface area contributed by atoms with Gasteiger partial charge in [0, 0.05) is 13.1 Å². The summed E-state index contributed by atoms with van der Waals surface area (Å²) in [7, 11) is 0. The van der Waals surface area contributed by atoms with Gasteiger partial charge in [-0.3, -0.25) is 4.98 Å². The molecule has 2 heterocycles. The topological polar surface area (TPSA) is 51.5 Å². The summed E-state index contributed by atoms with van der Waals surface area (Å²) in [4.78, 5) is 19.1. The average molecular weight is 188 g/mol. The minimum Gasteiger partial charge on any atom is -0.407 e. The Bertz CT molecular complexity index is 421. The number of nitrogens with zero attached hydrogens (tertiary/aromatic N) is 2. The van der Waals surface area contributed by atoms with E-state index in [0.717, 1.165) is 0 Å². The molecular weight excluding hydrogens is 180 g/mol. The fraction of sp³-hybridized carbons (Fsp3) is 0.100. The molecule has 1 aliphatic rings. The number of carbonyl (C=O) groups is 1. The molecule has 0 bridgehead atoms. The molecule has 0 aromatic carbocycles. The molecule has 0 N–H and O–H groups in total. The van der Waals surface area contributed by atoms with Crippen LogP contribution in [0.3, 0.4) is 0 Å². The Labute approximate surface area is 81.0 Å². The fourth-order valence-corrected chi connectivity index (χ4v) is 1.12. The molecule has 2 rings (SSSR count). The van der Waals surface area contributed by atoms with Crippen molar-refractivity contribution in [2.24, 2.45) is 4.99 Å².